The maximum Gasteiger partial charge on any atom is 0.275 e. The molecule has 1 atom stereocenters. The van der Waals surface area contributed by atoms with Crippen molar-refractivity contribution < 1.29 is 14.8 Å². The van der Waals surface area contributed by atoms with Crippen LogP contribution in [0.4, 0.5) is 11.4 Å². The predicted molar refractivity (Wildman–Crippen MR) is 68.9 cm³/mol. The highest BCUT2D eigenvalue weighted by atomic mass is 16.6. The third kappa shape index (κ3) is 3.91. The molecular weight excluding hydrogens is 250 g/mol. The van der Waals surface area contributed by atoms with Crippen LogP contribution in [0.5, 0.6) is 0 Å². The molecule has 0 amide bonds. The second-order valence-electron chi connectivity index (χ2n) is 4.03. The molecule has 0 saturated carbocycles. The van der Waals surface area contributed by atoms with Gasteiger partial charge in [0.15, 0.2) is 0 Å². The third-order valence-electron chi connectivity index (χ3n) is 2.59. The maximum atomic E-state index is 10.9. The molecule has 0 spiro atoms. The molecule has 0 radical (unpaired) electrons. The van der Waals surface area contributed by atoms with Crippen LogP contribution in [-0.4, -0.2) is 36.4 Å². The Bertz CT molecular complexity index is 510. The normalized spacial score (nSPS) is 11.7. The Morgan fingerprint density at radius 2 is 2.32 bits per heavy atom. The molecule has 2 N–H and O–H groups in total. The Morgan fingerprint density at radius 3 is 2.84 bits per heavy atom. The number of hydrogen-bond acceptors (Lipinski definition) is 6. The van der Waals surface area contributed by atoms with Gasteiger partial charge in [0.05, 0.1) is 29.3 Å². The smallest absolute Gasteiger partial charge is 0.275 e. The van der Waals surface area contributed by atoms with Gasteiger partial charge in [0.2, 0.25) is 0 Å². The average Bonchev–Trinajstić information content (AvgIpc) is 2.37. The lowest BCUT2D eigenvalue weighted by molar-refractivity contribution is -0.385. The molecule has 0 aliphatic heterocycles. The Kier molecular flexibility index (Phi) is 5.23. The molecule has 0 aliphatic rings. The first-order valence-electron chi connectivity index (χ1n) is 5.59. The first kappa shape index (κ1) is 14.9. The molecule has 102 valence electrons. The number of hydrogen-bond donors (Lipinski definition) is 2. The summed E-state index contributed by atoms with van der Waals surface area (Å²) in [6.07, 6.45) is -0.728. The van der Waals surface area contributed by atoms with Crippen molar-refractivity contribution in [3.8, 4) is 6.07 Å². The van der Waals surface area contributed by atoms with E-state index in [1.807, 2.05) is 6.07 Å². The van der Waals surface area contributed by atoms with Crippen molar-refractivity contribution in [1.29, 1.82) is 5.26 Å². The van der Waals surface area contributed by atoms with E-state index >= 15 is 0 Å². The highest BCUT2D eigenvalue weighted by Crippen LogP contribution is 2.27. The Balaban J connectivity index is 2.97. The zero-order chi connectivity index (χ0) is 14.4. The molecule has 0 bridgehead atoms. The van der Waals surface area contributed by atoms with Crippen LogP contribution in [-0.2, 0) is 4.74 Å². The highest BCUT2D eigenvalue weighted by molar-refractivity contribution is 5.64. The number of nitrogens with zero attached hydrogens (tertiary/aromatic N) is 2. The van der Waals surface area contributed by atoms with Gasteiger partial charge in [0, 0.05) is 31.0 Å². The van der Waals surface area contributed by atoms with E-state index in [9.17, 15) is 15.2 Å². The quantitative estimate of drug-likeness (QED) is 0.590. The average molecular weight is 265 g/mol. The number of rotatable bonds is 6. The van der Waals surface area contributed by atoms with Crippen LogP contribution in [0.2, 0.25) is 0 Å². The monoisotopic (exact) mass is 265 g/mol. The van der Waals surface area contributed by atoms with Gasteiger partial charge in [-0.2, -0.15) is 5.26 Å². The van der Waals surface area contributed by atoms with E-state index in [-0.39, 0.29) is 24.4 Å². The summed E-state index contributed by atoms with van der Waals surface area (Å²) in [6, 6.07) is 4.62. The lowest BCUT2D eigenvalue weighted by atomic mass is 10.1. The fraction of sp³-hybridized carbons (Fsp3) is 0.417. The van der Waals surface area contributed by atoms with Gasteiger partial charge in [-0.15, -0.1) is 0 Å². The van der Waals surface area contributed by atoms with Gasteiger partial charge < -0.3 is 15.2 Å². The summed E-state index contributed by atoms with van der Waals surface area (Å²) >= 11 is 0. The second-order valence-corrected chi connectivity index (χ2v) is 4.03. The zero-order valence-corrected chi connectivity index (χ0v) is 10.7. The Labute approximate surface area is 110 Å². The topological polar surface area (TPSA) is 108 Å². The summed E-state index contributed by atoms with van der Waals surface area (Å²) in [6.45, 7) is 1.93. The zero-order valence-electron chi connectivity index (χ0n) is 10.7. The van der Waals surface area contributed by atoms with E-state index in [0.717, 1.165) is 0 Å². The third-order valence-corrected chi connectivity index (χ3v) is 2.59. The molecule has 0 fully saturated rings. The van der Waals surface area contributed by atoms with E-state index in [4.69, 9.17) is 10.00 Å². The lowest BCUT2D eigenvalue weighted by Gasteiger charge is -2.14. The number of nitro groups is 1. The molecule has 1 aromatic carbocycles. The maximum absolute atomic E-state index is 10.9. The number of nitrogens with one attached hydrogen (secondary N) is 1. The van der Waals surface area contributed by atoms with Crippen molar-refractivity contribution in [2.24, 2.45) is 0 Å². The second kappa shape index (κ2) is 6.68. The van der Waals surface area contributed by atoms with Crippen molar-refractivity contribution in [3.63, 3.8) is 0 Å². The number of aliphatic hydroxyl groups is 1. The highest BCUT2D eigenvalue weighted by Gasteiger charge is 2.16. The molecule has 7 heteroatoms. The minimum atomic E-state index is -0.728. The number of ether oxygens (including phenoxy) is 1. The Morgan fingerprint density at radius 1 is 1.63 bits per heavy atom. The fourth-order valence-corrected chi connectivity index (χ4v) is 1.62. The van der Waals surface area contributed by atoms with Crippen molar-refractivity contribution >= 4 is 11.4 Å². The van der Waals surface area contributed by atoms with Crippen molar-refractivity contribution in [2.75, 3.05) is 25.6 Å². The van der Waals surface area contributed by atoms with Crippen LogP contribution in [0.1, 0.15) is 11.1 Å². The van der Waals surface area contributed by atoms with E-state index in [0.29, 0.717) is 11.3 Å². The van der Waals surface area contributed by atoms with Crippen molar-refractivity contribution in [1.82, 2.24) is 0 Å². The first-order chi connectivity index (χ1) is 8.99. The minimum Gasteiger partial charge on any atom is -0.389 e. The molecule has 0 saturated heterocycles. The molecule has 0 aromatic heterocycles. The van der Waals surface area contributed by atoms with Crippen molar-refractivity contribution in [3.05, 3.63) is 33.4 Å². The number of benzene rings is 1. The SMILES string of the molecule is COC[C@H](O)CNc1cc(C#N)cc([N+](=O)[O-])c1C. The van der Waals surface area contributed by atoms with Crippen LogP contribution < -0.4 is 5.32 Å². The van der Waals surface area contributed by atoms with Gasteiger partial charge in [0.25, 0.3) is 5.69 Å². The number of nitriles is 1. The number of methoxy groups -OCH3 is 1. The van der Waals surface area contributed by atoms with E-state index < -0.39 is 11.0 Å². The predicted octanol–water partition coefficient (Wildman–Crippen LogP) is 1.19. The summed E-state index contributed by atoms with van der Waals surface area (Å²) in [5.74, 6) is 0. The first-order valence-corrected chi connectivity index (χ1v) is 5.59. The summed E-state index contributed by atoms with van der Waals surface area (Å²) in [5, 5.41) is 32.1. The fourth-order valence-electron chi connectivity index (χ4n) is 1.62. The molecular formula is C12H15N3O4. The molecule has 1 rings (SSSR count). The van der Waals surface area contributed by atoms with E-state index in [2.05, 4.69) is 5.32 Å². The van der Waals surface area contributed by atoms with Gasteiger partial charge in [-0.25, -0.2) is 0 Å². The van der Waals surface area contributed by atoms with Crippen LogP contribution in [0, 0.1) is 28.4 Å². The number of nitro benzene ring substituents is 1. The standard InChI is InChI=1S/C12H15N3O4/c1-8-11(14-6-10(16)7-19-2)3-9(5-13)4-12(8)15(17)18/h3-4,10,14,16H,6-7H2,1-2H3/t10-/m1/s1. The number of anilines is 1. The molecule has 1 aromatic rings. The van der Waals surface area contributed by atoms with Crippen molar-refractivity contribution in [2.45, 2.75) is 13.0 Å². The molecule has 0 heterocycles. The Hall–Kier alpha value is -2.17. The van der Waals surface area contributed by atoms with Gasteiger partial charge in [-0.1, -0.05) is 0 Å². The van der Waals surface area contributed by atoms with Gasteiger partial charge in [-0.3, -0.25) is 10.1 Å². The summed E-state index contributed by atoms with van der Waals surface area (Å²) in [7, 11) is 1.47. The molecule has 0 aliphatic carbocycles. The van der Waals surface area contributed by atoms with Gasteiger partial charge >= 0.3 is 0 Å². The summed E-state index contributed by atoms with van der Waals surface area (Å²) < 4.78 is 4.78. The number of aliphatic hydroxyl groups excluding tert-OH is 1. The van der Waals surface area contributed by atoms with Gasteiger partial charge in [-0.05, 0) is 13.0 Å². The lowest BCUT2D eigenvalue weighted by Crippen LogP contribution is -2.24. The minimum absolute atomic E-state index is 0.122. The van der Waals surface area contributed by atoms with Crippen LogP contribution in [0.3, 0.4) is 0 Å². The van der Waals surface area contributed by atoms with Gasteiger partial charge in [0.1, 0.15) is 0 Å². The molecule has 19 heavy (non-hydrogen) atoms. The van der Waals surface area contributed by atoms with Crippen LogP contribution in [0.25, 0.3) is 0 Å². The summed E-state index contributed by atoms with van der Waals surface area (Å²) in [4.78, 5) is 10.3. The molecule has 0 unspecified atom stereocenters. The largest absolute Gasteiger partial charge is 0.389 e. The van der Waals surface area contributed by atoms with E-state index in [1.54, 1.807) is 6.92 Å². The summed E-state index contributed by atoms with van der Waals surface area (Å²) in [5.41, 5.74) is 0.957. The molecule has 7 nitrogen and oxygen atoms in total. The van der Waals surface area contributed by atoms with E-state index in [1.165, 1.54) is 19.2 Å². The van der Waals surface area contributed by atoms with Crippen LogP contribution in [0.15, 0.2) is 12.1 Å². The van der Waals surface area contributed by atoms with Crippen LogP contribution >= 0.6 is 0 Å².